The van der Waals surface area contributed by atoms with E-state index in [0.717, 1.165) is 38.3 Å². The minimum atomic E-state index is -0.353. The quantitative estimate of drug-likeness (QED) is 0.596. The monoisotopic (exact) mass is 433 g/mol. The van der Waals surface area contributed by atoms with Crippen LogP contribution in [0.15, 0.2) is 66.9 Å². The maximum Gasteiger partial charge on any atom is 0.255 e. The van der Waals surface area contributed by atoms with Crippen molar-refractivity contribution in [2.24, 2.45) is 0 Å². The standard InChI is InChI=1S/C25H28FN5O/c1-30-11-13-31(14-12-30)18-20-6-2-5-19(15-20)17-28-25(32)23-9-4-10-27-24(23)29-22-8-3-7-21(26)16-22/h2-10,15-16H,11-14,17-18H2,1H3,(H,27,29)(H,28,32). The van der Waals surface area contributed by atoms with E-state index in [-0.39, 0.29) is 11.7 Å². The smallest absolute Gasteiger partial charge is 0.255 e. The molecule has 0 spiro atoms. The SMILES string of the molecule is CN1CCN(Cc2cccc(CNC(=O)c3cccnc3Nc3cccc(F)c3)c2)CC1. The van der Waals surface area contributed by atoms with E-state index in [1.807, 2.05) is 12.1 Å². The number of amides is 1. The molecule has 1 saturated heterocycles. The van der Waals surface area contributed by atoms with Crippen molar-refractivity contribution in [2.45, 2.75) is 13.1 Å². The summed E-state index contributed by atoms with van der Waals surface area (Å²) in [4.78, 5) is 21.9. The lowest BCUT2D eigenvalue weighted by Crippen LogP contribution is -2.43. The zero-order valence-electron chi connectivity index (χ0n) is 18.2. The van der Waals surface area contributed by atoms with Crippen molar-refractivity contribution in [2.75, 3.05) is 38.5 Å². The topological polar surface area (TPSA) is 60.5 Å². The molecular formula is C25H28FN5O. The number of halogens is 1. The van der Waals surface area contributed by atoms with Crippen LogP contribution in [-0.4, -0.2) is 53.9 Å². The average Bonchev–Trinajstić information content (AvgIpc) is 2.80. The normalized spacial score (nSPS) is 14.8. The van der Waals surface area contributed by atoms with Crippen LogP contribution < -0.4 is 10.6 Å². The van der Waals surface area contributed by atoms with Gasteiger partial charge in [-0.15, -0.1) is 0 Å². The molecule has 32 heavy (non-hydrogen) atoms. The van der Waals surface area contributed by atoms with E-state index in [0.29, 0.717) is 23.6 Å². The van der Waals surface area contributed by atoms with Gasteiger partial charge in [-0.25, -0.2) is 9.37 Å². The predicted octanol–water partition coefficient (Wildman–Crippen LogP) is 3.64. The first-order chi connectivity index (χ1) is 15.6. The number of carbonyl (C=O) groups excluding carboxylic acids is 1. The van der Waals surface area contributed by atoms with Crippen molar-refractivity contribution >= 4 is 17.4 Å². The Balaban J connectivity index is 1.38. The summed E-state index contributed by atoms with van der Waals surface area (Å²) in [6.07, 6.45) is 1.60. The third kappa shape index (κ3) is 5.90. The van der Waals surface area contributed by atoms with E-state index in [2.05, 4.69) is 44.6 Å². The van der Waals surface area contributed by atoms with E-state index >= 15 is 0 Å². The average molecular weight is 434 g/mol. The third-order valence-corrected chi connectivity index (χ3v) is 5.59. The minimum absolute atomic E-state index is 0.235. The Morgan fingerprint density at radius 1 is 1.00 bits per heavy atom. The van der Waals surface area contributed by atoms with Crippen LogP contribution in [0.5, 0.6) is 0 Å². The number of hydrogen-bond donors (Lipinski definition) is 2. The Hall–Kier alpha value is -3.29. The fourth-order valence-electron chi connectivity index (χ4n) is 3.77. The number of rotatable bonds is 7. The van der Waals surface area contributed by atoms with Gasteiger partial charge in [-0.05, 0) is 48.5 Å². The van der Waals surface area contributed by atoms with Gasteiger partial charge < -0.3 is 15.5 Å². The third-order valence-electron chi connectivity index (χ3n) is 5.59. The number of carbonyl (C=O) groups is 1. The summed E-state index contributed by atoms with van der Waals surface area (Å²) in [6, 6.07) is 17.8. The Bertz CT molecular complexity index is 1070. The van der Waals surface area contributed by atoms with Gasteiger partial charge in [-0.3, -0.25) is 9.69 Å². The van der Waals surface area contributed by atoms with Crippen LogP contribution in [-0.2, 0) is 13.1 Å². The molecule has 7 heteroatoms. The number of nitrogens with one attached hydrogen (secondary N) is 2. The molecule has 1 fully saturated rings. The molecule has 3 aromatic rings. The number of likely N-dealkylation sites (N-methyl/N-ethyl adjacent to an activating group) is 1. The molecule has 1 amide bonds. The van der Waals surface area contributed by atoms with Gasteiger partial charge in [0, 0.05) is 51.2 Å². The van der Waals surface area contributed by atoms with E-state index in [1.165, 1.54) is 17.7 Å². The van der Waals surface area contributed by atoms with E-state index < -0.39 is 0 Å². The molecule has 0 aliphatic carbocycles. The molecule has 1 aliphatic heterocycles. The van der Waals surface area contributed by atoms with Crippen LogP contribution in [0, 0.1) is 5.82 Å². The molecule has 4 rings (SSSR count). The van der Waals surface area contributed by atoms with Crippen molar-refractivity contribution in [3.8, 4) is 0 Å². The summed E-state index contributed by atoms with van der Waals surface area (Å²) < 4.78 is 13.5. The number of pyridine rings is 1. The van der Waals surface area contributed by atoms with Gasteiger partial charge in [-0.1, -0.05) is 30.3 Å². The fourth-order valence-corrected chi connectivity index (χ4v) is 3.77. The van der Waals surface area contributed by atoms with Crippen molar-refractivity contribution in [1.29, 1.82) is 0 Å². The number of hydrogen-bond acceptors (Lipinski definition) is 5. The highest BCUT2D eigenvalue weighted by Gasteiger charge is 2.15. The Morgan fingerprint density at radius 3 is 2.59 bits per heavy atom. The van der Waals surface area contributed by atoms with Gasteiger partial charge in [0.2, 0.25) is 0 Å². The number of aromatic nitrogens is 1. The number of benzene rings is 2. The predicted molar refractivity (Wildman–Crippen MR) is 124 cm³/mol. The Kier molecular flexibility index (Phi) is 7.09. The molecule has 1 aromatic heterocycles. The molecule has 2 heterocycles. The van der Waals surface area contributed by atoms with Gasteiger partial charge in [0.05, 0.1) is 5.56 Å². The van der Waals surface area contributed by atoms with E-state index in [4.69, 9.17) is 0 Å². The molecular weight excluding hydrogens is 405 g/mol. The largest absolute Gasteiger partial charge is 0.348 e. The van der Waals surface area contributed by atoms with Crippen molar-refractivity contribution in [3.63, 3.8) is 0 Å². The molecule has 6 nitrogen and oxygen atoms in total. The van der Waals surface area contributed by atoms with Crippen molar-refractivity contribution in [1.82, 2.24) is 20.1 Å². The Labute approximate surface area is 188 Å². The lowest BCUT2D eigenvalue weighted by atomic mass is 10.1. The number of nitrogens with zero attached hydrogens (tertiary/aromatic N) is 3. The second-order valence-electron chi connectivity index (χ2n) is 8.12. The van der Waals surface area contributed by atoms with E-state index in [1.54, 1.807) is 30.5 Å². The van der Waals surface area contributed by atoms with Gasteiger partial charge >= 0.3 is 0 Å². The molecule has 1 aliphatic rings. The van der Waals surface area contributed by atoms with Crippen LogP contribution in [0.4, 0.5) is 15.9 Å². The Morgan fingerprint density at radius 2 is 1.78 bits per heavy atom. The zero-order chi connectivity index (χ0) is 22.3. The summed E-state index contributed by atoms with van der Waals surface area (Å²) in [5.41, 5.74) is 3.24. The molecule has 0 bridgehead atoms. The second kappa shape index (κ2) is 10.3. The van der Waals surface area contributed by atoms with Gasteiger partial charge in [-0.2, -0.15) is 0 Å². The van der Waals surface area contributed by atoms with Gasteiger partial charge in [0.25, 0.3) is 5.91 Å². The van der Waals surface area contributed by atoms with Crippen LogP contribution in [0.1, 0.15) is 21.5 Å². The van der Waals surface area contributed by atoms with Gasteiger partial charge in [0.1, 0.15) is 11.6 Å². The minimum Gasteiger partial charge on any atom is -0.348 e. The molecule has 2 aromatic carbocycles. The van der Waals surface area contributed by atoms with Crippen LogP contribution >= 0.6 is 0 Å². The molecule has 0 unspecified atom stereocenters. The molecule has 0 atom stereocenters. The van der Waals surface area contributed by atoms with Crippen molar-refractivity contribution < 1.29 is 9.18 Å². The highest BCUT2D eigenvalue weighted by Crippen LogP contribution is 2.19. The van der Waals surface area contributed by atoms with E-state index in [9.17, 15) is 9.18 Å². The lowest BCUT2D eigenvalue weighted by Gasteiger charge is -2.32. The summed E-state index contributed by atoms with van der Waals surface area (Å²) in [7, 11) is 2.15. The van der Waals surface area contributed by atoms with Crippen LogP contribution in [0.2, 0.25) is 0 Å². The number of piperazine rings is 1. The molecule has 0 saturated carbocycles. The first kappa shape index (κ1) is 21.9. The zero-order valence-corrected chi connectivity index (χ0v) is 18.2. The highest BCUT2D eigenvalue weighted by atomic mass is 19.1. The maximum absolute atomic E-state index is 13.5. The summed E-state index contributed by atoms with van der Waals surface area (Å²) in [6.45, 7) is 5.66. The first-order valence-corrected chi connectivity index (χ1v) is 10.8. The molecule has 0 radical (unpaired) electrons. The first-order valence-electron chi connectivity index (χ1n) is 10.8. The van der Waals surface area contributed by atoms with Crippen LogP contribution in [0.25, 0.3) is 0 Å². The van der Waals surface area contributed by atoms with Crippen LogP contribution in [0.3, 0.4) is 0 Å². The fraction of sp³-hybridized carbons (Fsp3) is 0.280. The summed E-state index contributed by atoms with van der Waals surface area (Å²) in [5, 5.41) is 6.01. The van der Waals surface area contributed by atoms with Gasteiger partial charge in [0.15, 0.2) is 0 Å². The maximum atomic E-state index is 13.5. The summed E-state index contributed by atoms with van der Waals surface area (Å²) >= 11 is 0. The van der Waals surface area contributed by atoms with Crippen molar-refractivity contribution in [3.05, 3.63) is 89.4 Å². The number of anilines is 2. The second-order valence-corrected chi connectivity index (χ2v) is 8.12. The lowest BCUT2D eigenvalue weighted by molar-refractivity contribution is 0.0951. The molecule has 166 valence electrons. The molecule has 2 N–H and O–H groups in total. The highest BCUT2D eigenvalue weighted by molar-refractivity contribution is 5.99. The summed E-state index contributed by atoms with van der Waals surface area (Å²) in [5.74, 6) is -0.200.